The van der Waals surface area contributed by atoms with Crippen LogP contribution in [0.1, 0.15) is 255 Å². The van der Waals surface area contributed by atoms with Gasteiger partial charge in [-0.2, -0.15) is 0 Å². The number of rotatable bonds is 38. The van der Waals surface area contributed by atoms with Crippen molar-refractivity contribution in [3.8, 4) is 0 Å². The van der Waals surface area contributed by atoms with Crippen LogP contribution < -0.4 is 10.6 Å². The second-order valence-electron chi connectivity index (χ2n) is 16.9. The minimum Gasteiger partial charge on any atom is -0.462 e. The van der Waals surface area contributed by atoms with E-state index in [1.165, 1.54) is 141 Å². The lowest BCUT2D eigenvalue weighted by atomic mass is 10.1. The van der Waals surface area contributed by atoms with Crippen molar-refractivity contribution in [1.82, 2.24) is 5.32 Å². The molecule has 0 bridgehead atoms. The Labute approximate surface area is 365 Å². The van der Waals surface area contributed by atoms with E-state index >= 15 is 0 Å². The zero-order valence-electron chi connectivity index (χ0n) is 38.3. The molecule has 0 atom stereocenters. The van der Waals surface area contributed by atoms with E-state index in [1.54, 1.807) is 36.4 Å². The van der Waals surface area contributed by atoms with Gasteiger partial charge in [0.2, 0.25) is 0 Å². The second kappa shape index (κ2) is 36.0. The van der Waals surface area contributed by atoms with Crippen molar-refractivity contribution in [3.05, 3.63) is 64.7 Å². The van der Waals surface area contributed by atoms with Crippen LogP contribution in [-0.2, 0) is 9.47 Å². The SMILES string of the molecule is CCCCCCCCCCCCNC(=O)c1ccc(C(=O)OCCCCCCCCCCCC)cc1NC(=O)c1ccc(C(=O)OCCCCCCCCCCCC)cc1. The highest BCUT2D eigenvalue weighted by molar-refractivity contribution is 6.10. The number of ether oxygens (including phenoxy) is 2. The number of hydrogen-bond donors (Lipinski definition) is 2. The molecule has 2 aromatic rings. The summed E-state index contributed by atoms with van der Waals surface area (Å²) in [5.41, 5.74) is 1.46. The lowest BCUT2D eigenvalue weighted by molar-refractivity contribution is 0.0488. The highest BCUT2D eigenvalue weighted by atomic mass is 16.5. The van der Waals surface area contributed by atoms with E-state index in [4.69, 9.17) is 9.47 Å². The summed E-state index contributed by atoms with van der Waals surface area (Å²) >= 11 is 0. The Morgan fingerprint density at radius 1 is 0.400 bits per heavy atom. The van der Waals surface area contributed by atoms with Crippen LogP contribution in [-0.4, -0.2) is 43.5 Å². The highest BCUT2D eigenvalue weighted by Crippen LogP contribution is 2.21. The molecule has 0 unspecified atom stereocenters. The van der Waals surface area contributed by atoms with Gasteiger partial charge in [-0.15, -0.1) is 0 Å². The summed E-state index contributed by atoms with van der Waals surface area (Å²) in [5.74, 6) is -1.67. The van der Waals surface area contributed by atoms with Gasteiger partial charge in [0.15, 0.2) is 0 Å². The molecule has 0 aliphatic heterocycles. The predicted octanol–water partition coefficient (Wildman–Crippen LogP) is 14.7. The predicted molar refractivity (Wildman–Crippen MR) is 249 cm³/mol. The van der Waals surface area contributed by atoms with Gasteiger partial charge >= 0.3 is 11.9 Å². The van der Waals surface area contributed by atoms with Crippen molar-refractivity contribution in [2.24, 2.45) is 0 Å². The number of esters is 2. The minimum atomic E-state index is -0.487. The number of amides is 2. The maximum Gasteiger partial charge on any atom is 0.338 e. The first-order valence-electron chi connectivity index (χ1n) is 24.6. The Kier molecular flexibility index (Phi) is 31.5. The highest BCUT2D eigenvalue weighted by Gasteiger charge is 2.19. The zero-order chi connectivity index (χ0) is 43.3. The van der Waals surface area contributed by atoms with Gasteiger partial charge in [0, 0.05) is 12.1 Å². The molecule has 2 aromatic carbocycles. The molecule has 0 saturated heterocycles. The van der Waals surface area contributed by atoms with Crippen molar-refractivity contribution < 1.29 is 28.7 Å². The molecule has 60 heavy (non-hydrogen) atoms. The topological polar surface area (TPSA) is 111 Å². The summed E-state index contributed by atoms with van der Waals surface area (Å²) in [6.45, 7) is 7.94. The third kappa shape index (κ3) is 25.2. The normalized spacial score (nSPS) is 11.1. The molecule has 8 nitrogen and oxygen atoms in total. The van der Waals surface area contributed by atoms with E-state index in [0.29, 0.717) is 30.9 Å². The van der Waals surface area contributed by atoms with Gasteiger partial charge in [0.1, 0.15) is 0 Å². The Hall–Kier alpha value is -3.68. The number of hydrogen-bond acceptors (Lipinski definition) is 6. The Morgan fingerprint density at radius 2 is 0.750 bits per heavy atom. The van der Waals surface area contributed by atoms with E-state index in [-0.39, 0.29) is 22.7 Å². The molecule has 0 heterocycles. The van der Waals surface area contributed by atoms with Crippen molar-refractivity contribution in [3.63, 3.8) is 0 Å². The average molecular weight is 833 g/mol. The largest absolute Gasteiger partial charge is 0.462 e. The Balaban J connectivity index is 1.91. The van der Waals surface area contributed by atoms with Gasteiger partial charge in [-0.1, -0.05) is 194 Å². The quantitative estimate of drug-likeness (QED) is 0.0515. The van der Waals surface area contributed by atoms with Crippen LogP contribution >= 0.6 is 0 Å². The van der Waals surface area contributed by atoms with Gasteiger partial charge in [-0.25, -0.2) is 9.59 Å². The lowest BCUT2D eigenvalue weighted by Gasteiger charge is -2.14. The summed E-state index contributed by atoms with van der Waals surface area (Å²) < 4.78 is 11.1. The summed E-state index contributed by atoms with van der Waals surface area (Å²) in [7, 11) is 0. The van der Waals surface area contributed by atoms with Gasteiger partial charge < -0.3 is 20.1 Å². The smallest absolute Gasteiger partial charge is 0.338 e. The monoisotopic (exact) mass is 833 g/mol. The first-order valence-corrected chi connectivity index (χ1v) is 24.6. The van der Waals surface area contributed by atoms with Gasteiger partial charge in [-0.05, 0) is 61.7 Å². The summed E-state index contributed by atoms with van der Waals surface area (Å²) in [6, 6.07) is 11.0. The van der Waals surface area contributed by atoms with Gasteiger partial charge in [0.05, 0.1) is 35.6 Å². The minimum absolute atomic E-state index is 0.230. The number of carbonyl (C=O) groups is 4. The summed E-state index contributed by atoms with van der Waals surface area (Å²) in [5, 5.41) is 5.86. The van der Waals surface area contributed by atoms with Crippen LogP contribution in [0.25, 0.3) is 0 Å². The van der Waals surface area contributed by atoms with E-state index < -0.39 is 17.8 Å². The molecule has 2 rings (SSSR count). The van der Waals surface area contributed by atoms with Crippen LogP contribution in [0.5, 0.6) is 0 Å². The van der Waals surface area contributed by atoms with Gasteiger partial charge in [0.25, 0.3) is 11.8 Å². The number of carbonyl (C=O) groups excluding carboxylic acids is 4. The molecule has 2 amide bonds. The van der Waals surface area contributed by atoms with Crippen molar-refractivity contribution in [2.75, 3.05) is 25.1 Å². The van der Waals surface area contributed by atoms with E-state index in [2.05, 4.69) is 31.4 Å². The Bertz CT molecular complexity index is 1420. The molecule has 338 valence electrons. The molecule has 8 heteroatoms. The molecule has 0 aliphatic rings. The third-order valence-electron chi connectivity index (χ3n) is 11.4. The maximum atomic E-state index is 13.5. The summed E-state index contributed by atoms with van der Waals surface area (Å²) in [4.78, 5) is 52.7. The zero-order valence-corrected chi connectivity index (χ0v) is 38.3. The molecule has 0 spiro atoms. The van der Waals surface area contributed by atoms with Crippen LogP contribution in [0.4, 0.5) is 5.69 Å². The fraction of sp³-hybridized carbons (Fsp3) is 0.692. The van der Waals surface area contributed by atoms with Crippen LogP contribution in [0, 0.1) is 0 Å². The third-order valence-corrected chi connectivity index (χ3v) is 11.4. The molecule has 0 aromatic heterocycles. The number of benzene rings is 2. The first kappa shape index (κ1) is 52.5. The molecule has 0 aliphatic carbocycles. The van der Waals surface area contributed by atoms with E-state index in [0.717, 1.165) is 57.8 Å². The number of unbranched alkanes of at least 4 members (excludes halogenated alkanes) is 27. The molecule has 0 fully saturated rings. The molecular formula is C52H84N2O6. The molecule has 2 N–H and O–H groups in total. The molecule has 0 radical (unpaired) electrons. The van der Waals surface area contributed by atoms with Crippen molar-refractivity contribution >= 4 is 29.4 Å². The summed E-state index contributed by atoms with van der Waals surface area (Å²) in [6.07, 6.45) is 36.1. The van der Waals surface area contributed by atoms with Crippen LogP contribution in [0.2, 0.25) is 0 Å². The molecule has 0 saturated carbocycles. The maximum absolute atomic E-state index is 13.5. The van der Waals surface area contributed by atoms with E-state index in [1.807, 2.05) is 0 Å². The lowest BCUT2D eigenvalue weighted by Crippen LogP contribution is -2.26. The average Bonchev–Trinajstić information content (AvgIpc) is 3.26. The second-order valence-corrected chi connectivity index (χ2v) is 16.9. The van der Waals surface area contributed by atoms with Crippen LogP contribution in [0.15, 0.2) is 42.5 Å². The Morgan fingerprint density at radius 3 is 1.18 bits per heavy atom. The first-order chi connectivity index (χ1) is 29.4. The van der Waals surface area contributed by atoms with Crippen molar-refractivity contribution in [1.29, 1.82) is 0 Å². The fourth-order valence-corrected chi connectivity index (χ4v) is 7.51. The standard InChI is InChI=1S/C52H84N2O6/c1-4-7-10-13-16-19-22-25-28-31-40-53-50(56)47-39-38-46(52(58)60-42-33-30-27-24-21-18-15-12-9-6-3)43-48(47)54-49(55)44-34-36-45(37-35-44)51(57)59-41-32-29-26-23-20-17-14-11-8-5-2/h34-39,43H,4-33,40-42H2,1-3H3,(H,53,56)(H,54,55). The van der Waals surface area contributed by atoms with E-state index in [9.17, 15) is 19.2 Å². The van der Waals surface area contributed by atoms with Crippen LogP contribution in [0.3, 0.4) is 0 Å². The van der Waals surface area contributed by atoms with Crippen molar-refractivity contribution in [2.45, 2.75) is 213 Å². The number of nitrogens with one attached hydrogen (secondary N) is 2. The molecular weight excluding hydrogens is 749 g/mol. The van der Waals surface area contributed by atoms with Gasteiger partial charge in [-0.3, -0.25) is 9.59 Å². The fourth-order valence-electron chi connectivity index (χ4n) is 7.51. The number of anilines is 1.